The SMILES string of the molecule is CC1(C)CC1C(N)CC1CCCc2ccccc21. The maximum atomic E-state index is 6.44. The van der Waals surface area contributed by atoms with Gasteiger partial charge in [0.1, 0.15) is 0 Å². The summed E-state index contributed by atoms with van der Waals surface area (Å²) in [4.78, 5) is 0. The summed E-state index contributed by atoms with van der Waals surface area (Å²) in [6.45, 7) is 4.71. The highest BCUT2D eigenvalue weighted by Gasteiger charge is 2.49. The highest BCUT2D eigenvalue weighted by atomic mass is 14.7. The summed E-state index contributed by atoms with van der Waals surface area (Å²) in [6.07, 6.45) is 6.44. The highest BCUT2D eigenvalue weighted by Crippen LogP contribution is 2.54. The molecule has 2 N–H and O–H groups in total. The summed E-state index contributed by atoms with van der Waals surface area (Å²) in [6, 6.07) is 9.38. The van der Waals surface area contributed by atoms with Crippen molar-refractivity contribution in [1.82, 2.24) is 0 Å². The third kappa shape index (κ3) is 2.21. The van der Waals surface area contributed by atoms with E-state index in [4.69, 9.17) is 5.73 Å². The quantitative estimate of drug-likeness (QED) is 0.857. The molecule has 1 aromatic rings. The molecule has 1 heteroatoms. The highest BCUT2D eigenvalue weighted by molar-refractivity contribution is 5.32. The van der Waals surface area contributed by atoms with Gasteiger partial charge in [-0.25, -0.2) is 0 Å². The van der Waals surface area contributed by atoms with E-state index in [0.717, 1.165) is 5.92 Å². The Balaban J connectivity index is 1.71. The van der Waals surface area contributed by atoms with Crippen LogP contribution in [-0.2, 0) is 6.42 Å². The first-order valence-electron chi connectivity index (χ1n) is 7.41. The van der Waals surface area contributed by atoms with Gasteiger partial charge >= 0.3 is 0 Å². The van der Waals surface area contributed by atoms with Crippen LogP contribution in [0, 0.1) is 11.3 Å². The smallest absolute Gasteiger partial charge is 0.00782 e. The molecule has 3 rings (SSSR count). The second-order valence-electron chi connectivity index (χ2n) is 6.99. The Kier molecular flexibility index (Phi) is 2.97. The van der Waals surface area contributed by atoms with Crippen LogP contribution in [0.4, 0.5) is 0 Å². The molecule has 0 radical (unpaired) electrons. The lowest BCUT2D eigenvalue weighted by Gasteiger charge is -2.28. The fraction of sp³-hybridized carbons (Fsp3) is 0.647. The minimum absolute atomic E-state index is 0.399. The molecule has 1 fully saturated rings. The Morgan fingerprint density at radius 1 is 1.33 bits per heavy atom. The number of aryl methyl sites for hydroxylation is 1. The Labute approximate surface area is 111 Å². The number of hydrogen-bond acceptors (Lipinski definition) is 1. The Hall–Kier alpha value is -0.820. The Bertz CT molecular complexity index is 435. The van der Waals surface area contributed by atoms with Gasteiger partial charge < -0.3 is 5.73 Å². The van der Waals surface area contributed by atoms with Gasteiger partial charge in [0.25, 0.3) is 0 Å². The molecule has 0 aromatic heterocycles. The van der Waals surface area contributed by atoms with Gasteiger partial charge in [-0.05, 0) is 60.5 Å². The van der Waals surface area contributed by atoms with E-state index in [1.54, 1.807) is 11.1 Å². The van der Waals surface area contributed by atoms with Crippen molar-refractivity contribution in [2.75, 3.05) is 0 Å². The largest absolute Gasteiger partial charge is 0.327 e. The Morgan fingerprint density at radius 3 is 2.78 bits per heavy atom. The molecule has 0 amide bonds. The normalized spacial score (nSPS) is 30.6. The van der Waals surface area contributed by atoms with Crippen molar-refractivity contribution >= 4 is 0 Å². The van der Waals surface area contributed by atoms with Crippen molar-refractivity contribution in [3.05, 3.63) is 35.4 Å². The molecular weight excluding hydrogens is 218 g/mol. The van der Waals surface area contributed by atoms with Gasteiger partial charge in [0, 0.05) is 6.04 Å². The molecule has 1 aromatic carbocycles. The zero-order valence-corrected chi connectivity index (χ0v) is 11.7. The molecule has 1 nitrogen and oxygen atoms in total. The first kappa shape index (κ1) is 12.2. The minimum atomic E-state index is 0.399. The molecule has 2 aliphatic rings. The van der Waals surface area contributed by atoms with E-state index in [1.807, 2.05) is 0 Å². The van der Waals surface area contributed by atoms with Crippen LogP contribution in [0.15, 0.2) is 24.3 Å². The van der Waals surface area contributed by atoms with Gasteiger partial charge in [-0.15, -0.1) is 0 Å². The van der Waals surface area contributed by atoms with Crippen molar-refractivity contribution in [1.29, 1.82) is 0 Å². The van der Waals surface area contributed by atoms with E-state index in [0.29, 0.717) is 17.4 Å². The second kappa shape index (κ2) is 4.38. The van der Waals surface area contributed by atoms with E-state index in [1.165, 1.54) is 32.1 Å². The van der Waals surface area contributed by atoms with Crippen molar-refractivity contribution in [3.63, 3.8) is 0 Å². The number of rotatable bonds is 3. The van der Waals surface area contributed by atoms with E-state index < -0.39 is 0 Å². The molecule has 2 aliphatic carbocycles. The van der Waals surface area contributed by atoms with Crippen LogP contribution in [0.25, 0.3) is 0 Å². The predicted molar refractivity (Wildman–Crippen MR) is 76.6 cm³/mol. The monoisotopic (exact) mass is 243 g/mol. The van der Waals surface area contributed by atoms with Gasteiger partial charge in [0.15, 0.2) is 0 Å². The first-order chi connectivity index (χ1) is 8.58. The van der Waals surface area contributed by atoms with Crippen LogP contribution in [0.5, 0.6) is 0 Å². The fourth-order valence-corrected chi connectivity index (χ4v) is 3.83. The van der Waals surface area contributed by atoms with Gasteiger partial charge in [0.2, 0.25) is 0 Å². The maximum absolute atomic E-state index is 6.44. The molecule has 0 aliphatic heterocycles. The second-order valence-corrected chi connectivity index (χ2v) is 6.99. The van der Waals surface area contributed by atoms with Crippen molar-refractivity contribution in [2.45, 2.75) is 57.9 Å². The zero-order chi connectivity index (χ0) is 12.8. The lowest BCUT2D eigenvalue weighted by Crippen LogP contribution is -2.28. The van der Waals surface area contributed by atoms with Crippen LogP contribution < -0.4 is 5.73 Å². The summed E-state index contributed by atoms with van der Waals surface area (Å²) >= 11 is 0. The van der Waals surface area contributed by atoms with Crippen molar-refractivity contribution < 1.29 is 0 Å². The minimum Gasteiger partial charge on any atom is -0.327 e. The molecule has 18 heavy (non-hydrogen) atoms. The maximum Gasteiger partial charge on any atom is 0.00782 e. The van der Waals surface area contributed by atoms with Gasteiger partial charge in [-0.2, -0.15) is 0 Å². The molecule has 0 spiro atoms. The first-order valence-corrected chi connectivity index (χ1v) is 7.41. The van der Waals surface area contributed by atoms with Crippen LogP contribution in [0.3, 0.4) is 0 Å². The molecule has 3 atom stereocenters. The lowest BCUT2D eigenvalue weighted by atomic mass is 9.79. The molecule has 1 saturated carbocycles. The summed E-state index contributed by atoms with van der Waals surface area (Å²) in [7, 11) is 0. The third-order valence-electron chi connectivity index (χ3n) is 5.16. The van der Waals surface area contributed by atoms with E-state index in [2.05, 4.69) is 38.1 Å². The predicted octanol–water partition coefficient (Wildman–Crippen LogP) is 3.87. The summed E-state index contributed by atoms with van der Waals surface area (Å²) in [5, 5.41) is 0. The van der Waals surface area contributed by atoms with Crippen molar-refractivity contribution in [3.8, 4) is 0 Å². The van der Waals surface area contributed by atoms with Crippen LogP contribution in [-0.4, -0.2) is 6.04 Å². The summed E-state index contributed by atoms with van der Waals surface area (Å²) < 4.78 is 0. The lowest BCUT2D eigenvalue weighted by molar-refractivity contribution is 0.403. The standard InChI is InChI=1S/C17H25N/c1-17(2)11-15(17)16(18)10-13-8-5-7-12-6-3-4-9-14(12)13/h3-4,6,9,13,15-16H,5,7-8,10-11,18H2,1-2H3. The zero-order valence-electron chi connectivity index (χ0n) is 11.7. The number of hydrogen-bond donors (Lipinski definition) is 1. The molecular formula is C17H25N. The van der Waals surface area contributed by atoms with E-state index in [-0.39, 0.29) is 0 Å². The number of nitrogens with two attached hydrogens (primary N) is 1. The molecule has 98 valence electrons. The summed E-state index contributed by atoms with van der Waals surface area (Å²) in [5.74, 6) is 1.47. The third-order valence-corrected chi connectivity index (χ3v) is 5.16. The molecule has 0 heterocycles. The Morgan fingerprint density at radius 2 is 2.06 bits per heavy atom. The summed E-state index contributed by atoms with van der Waals surface area (Å²) in [5.41, 5.74) is 10.1. The average molecular weight is 243 g/mol. The van der Waals surface area contributed by atoms with Crippen LogP contribution in [0.1, 0.15) is 56.6 Å². The van der Waals surface area contributed by atoms with E-state index >= 15 is 0 Å². The molecule has 3 unspecified atom stereocenters. The fourth-order valence-electron chi connectivity index (χ4n) is 3.83. The van der Waals surface area contributed by atoms with Crippen LogP contribution in [0.2, 0.25) is 0 Å². The van der Waals surface area contributed by atoms with Gasteiger partial charge in [-0.1, -0.05) is 38.1 Å². The topological polar surface area (TPSA) is 26.0 Å². The molecule has 0 saturated heterocycles. The molecule has 0 bridgehead atoms. The van der Waals surface area contributed by atoms with Crippen LogP contribution >= 0.6 is 0 Å². The number of fused-ring (bicyclic) bond motifs is 1. The average Bonchev–Trinajstić information content (AvgIpc) is 2.99. The van der Waals surface area contributed by atoms with Gasteiger partial charge in [0.05, 0.1) is 0 Å². The van der Waals surface area contributed by atoms with Crippen molar-refractivity contribution in [2.24, 2.45) is 17.1 Å². The number of benzene rings is 1. The van der Waals surface area contributed by atoms with E-state index in [9.17, 15) is 0 Å². The van der Waals surface area contributed by atoms with Gasteiger partial charge in [-0.3, -0.25) is 0 Å².